The average Bonchev–Trinajstić information content (AvgIpc) is 2.41. The molecule has 0 aliphatic carbocycles. The minimum absolute atomic E-state index is 0.0435. The summed E-state index contributed by atoms with van der Waals surface area (Å²) in [5.74, 6) is 0.165. The highest BCUT2D eigenvalue weighted by atomic mass is 19.1. The van der Waals surface area contributed by atoms with Crippen LogP contribution in [0.25, 0.3) is 0 Å². The lowest BCUT2D eigenvalue weighted by molar-refractivity contribution is 0.295. The van der Waals surface area contributed by atoms with Gasteiger partial charge in [-0.25, -0.2) is 4.39 Å². The maximum absolute atomic E-state index is 13.6. The molecular weight excluding hydrogens is 245 g/mol. The van der Waals surface area contributed by atoms with Gasteiger partial charge in [0.2, 0.25) is 0 Å². The van der Waals surface area contributed by atoms with Gasteiger partial charge in [0.1, 0.15) is 23.9 Å². The molecule has 0 spiro atoms. The van der Waals surface area contributed by atoms with Crippen molar-refractivity contribution in [3.05, 3.63) is 58.9 Å². The van der Waals surface area contributed by atoms with E-state index in [9.17, 15) is 9.50 Å². The van der Waals surface area contributed by atoms with E-state index in [4.69, 9.17) is 10.00 Å². The van der Waals surface area contributed by atoms with Crippen LogP contribution < -0.4 is 4.74 Å². The normalized spacial score (nSPS) is 9.95. The van der Waals surface area contributed by atoms with Crippen LogP contribution >= 0.6 is 0 Å². The van der Waals surface area contributed by atoms with Gasteiger partial charge in [0.15, 0.2) is 0 Å². The van der Waals surface area contributed by atoms with Gasteiger partial charge in [-0.2, -0.15) is 5.26 Å². The number of phenols is 1. The highest BCUT2D eigenvalue weighted by Gasteiger charge is 2.07. The monoisotopic (exact) mass is 257 g/mol. The fraction of sp³-hybridized carbons (Fsp3) is 0.133. The van der Waals surface area contributed by atoms with Crippen molar-refractivity contribution >= 4 is 0 Å². The lowest BCUT2D eigenvalue weighted by Crippen LogP contribution is -2.00. The number of benzene rings is 2. The van der Waals surface area contributed by atoms with Crippen molar-refractivity contribution in [1.29, 1.82) is 5.26 Å². The molecule has 0 aliphatic heterocycles. The first-order valence-electron chi connectivity index (χ1n) is 5.71. The van der Waals surface area contributed by atoms with Crippen LogP contribution in [0.3, 0.4) is 0 Å². The summed E-state index contributed by atoms with van der Waals surface area (Å²) >= 11 is 0. The number of hydrogen-bond acceptors (Lipinski definition) is 3. The second-order valence-electron chi connectivity index (χ2n) is 4.11. The molecule has 0 saturated carbocycles. The number of aromatic hydroxyl groups is 1. The SMILES string of the molecule is Cc1c(O)cccc1OCc1ccc(C#N)cc1F. The van der Waals surface area contributed by atoms with E-state index in [1.54, 1.807) is 25.1 Å². The third kappa shape index (κ3) is 2.83. The van der Waals surface area contributed by atoms with Gasteiger partial charge in [0.05, 0.1) is 11.6 Å². The summed E-state index contributed by atoms with van der Waals surface area (Å²) in [5.41, 5.74) is 1.24. The minimum Gasteiger partial charge on any atom is -0.508 e. The summed E-state index contributed by atoms with van der Waals surface area (Å²) in [4.78, 5) is 0. The van der Waals surface area contributed by atoms with E-state index < -0.39 is 5.82 Å². The van der Waals surface area contributed by atoms with Gasteiger partial charge in [-0.05, 0) is 31.2 Å². The Morgan fingerprint density at radius 3 is 2.79 bits per heavy atom. The van der Waals surface area contributed by atoms with Gasteiger partial charge in [0, 0.05) is 11.1 Å². The van der Waals surface area contributed by atoms with E-state index in [1.807, 2.05) is 6.07 Å². The number of hydrogen-bond donors (Lipinski definition) is 1. The molecule has 3 nitrogen and oxygen atoms in total. The van der Waals surface area contributed by atoms with Crippen LogP contribution in [0.4, 0.5) is 4.39 Å². The van der Waals surface area contributed by atoms with Crippen LogP contribution in [-0.2, 0) is 6.61 Å². The van der Waals surface area contributed by atoms with Gasteiger partial charge in [-0.1, -0.05) is 12.1 Å². The first kappa shape index (κ1) is 12.9. The molecule has 19 heavy (non-hydrogen) atoms. The van der Waals surface area contributed by atoms with Crippen molar-refractivity contribution in [1.82, 2.24) is 0 Å². The summed E-state index contributed by atoms with van der Waals surface area (Å²) in [5, 5.41) is 18.2. The molecule has 0 unspecified atom stereocenters. The molecule has 0 bridgehead atoms. The maximum Gasteiger partial charge on any atom is 0.131 e. The molecule has 96 valence electrons. The number of rotatable bonds is 3. The molecule has 1 N–H and O–H groups in total. The van der Waals surface area contributed by atoms with Crippen LogP contribution in [-0.4, -0.2) is 5.11 Å². The molecular formula is C15H12FNO2. The molecule has 2 aromatic rings. The number of halogens is 1. The Bertz CT molecular complexity index is 647. The molecule has 0 aliphatic rings. The summed E-state index contributed by atoms with van der Waals surface area (Å²) in [6, 6.07) is 11.0. The number of phenolic OH excluding ortho intramolecular Hbond substituents is 1. The molecule has 0 heterocycles. The maximum atomic E-state index is 13.6. The quantitative estimate of drug-likeness (QED) is 0.917. The Hall–Kier alpha value is -2.54. The van der Waals surface area contributed by atoms with E-state index in [-0.39, 0.29) is 17.9 Å². The van der Waals surface area contributed by atoms with E-state index in [1.165, 1.54) is 18.2 Å². The van der Waals surface area contributed by atoms with Crippen molar-refractivity contribution in [2.75, 3.05) is 0 Å². The van der Waals surface area contributed by atoms with Gasteiger partial charge in [-0.3, -0.25) is 0 Å². The third-order valence-electron chi connectivity index (χ3n) is 2.82. The second-order valence-corrected chi connectivity index (χ2v) is 4.11. The van der Waals surface area contributed by atoms with E-state index >= 15 is 0 Å². The smallest absolute Gasteiger partial charge is 0.131 e. The molecule has 0 amide bonds. The molecule has 0 saturated heterocycles. The summed E-state index contributed by atoms with van der Waals surface area (Å²) in [7, 11) is 0. The Morgan fingerprint density at radius 1 is 1.32 bits per heavy atom. The summed E-state index contributed by atoms with van der Waals surface area (Å²) in [6.07, 6.45) is 0. The van der Waals surface area contributed by atoms with Crippen molar-refractivity contribution in [2.24, 2.45) is 0 Å². The topological polar surface area (TPSA) is 53.2 Å². The van der Waals surface area contributed by atoms with Crippen molar-refractivity contribution in [2.45, 2.75) is 13.5 Å². The van der Waals surface area contributed by atoms with Crippen molar-refractivity contribution < 1.29 is 14.2 Å². The average molecular weight is 257 g/mol. The predicted molar refractivity (Wildman–Crippen MR) is 68.3 cm³/mol. The highest BCUT2D eigenvalue weighted by Crippen LogP contribution is 2.26. The summed E-state index contributed by atoms with van der Waals surface area (Å²) in [6.45, 7) is 1.77. The van der Waals surface area contributed by atoms with Crippen LogP contribution in [0.5, 0.6) is 11.5 Å². The minimum atomic E-state index is -0.475. The lowest BCUT2D eigenvalue weighted by Gasteiger charge is -2.10. The standard InChI is InChI=1S/C15H12FNO2/c1-10-14(18)3-2-4-15(10)19-9-12-6-5-11(8-17)7-13(12)16/h2-7,18H,9H2,1H3. The van der Waals surface area contributed by atoms with Crippen LogP contribution in [0.15, 0.2) is 36.4 Å². The van der Waals surface area contributed by atoms with E-state index in [0.717, 1.165) is 0 Å². The van der Waals surface area contributed by atoms with Gasteiger partial charge in [-0.15, -0.1) is 0 Å². The lowest BCUT2D eigenvalue weighted by atomic mass is 10.1. The Labute approximate surface area is 110 Å². The number of nitrogens with zero attached hydrogens (tertiary/aromatic N) is 1. The zero-order valence-electron chi connectivity index (χ0n) is 10.4. The molecule has 4 heteroatoms. The number of nitriles is 1. The predicted octanol–water partition coefficient (Wildman–Crippen LogP) is 3.29. The fourth-order valence-corrected chi connectivity index (χ4v) is 1.65. The molecule has 2 aromatic carbocycles. The third-order valence-corrected chi connectivity index (χ3v) is 2.82. The highest BCUT2D eigenvalue weighted by molar-refractivity contribution is 5.42. The molecule has 0 aromatic heterocycles. The largest absolute Gasteiger partial charge is 0.508 e. The zero-order valence-corrected chi connectivity index (χ0v) is 10.4. The van der Waals surface area contributed by atoms with Crippen molar-refractivity contribution in [3.63, 3.8) is 0 Å². The first-order valence-corrected chi connectivity index (χ1v) is 5.71. The van der Waals surface area contributed by atoms with Crippen LogP contribution in [0.2, 0.25) is 0 Å². The van der Waals surface area contributed by atoms with E-state index in [0.29, 0.717) is 16.9 Å². The number of ether oxygens (including phenoxy) is 1. The fourth-order valence-electron chi connectivity index (χ4n) is 1.65. The first-order chi connectivity index (χ1) is 9.11. The van der Waals surface area contributed by atoms with E-state index in [2.05, 4.69) is 0 Å². The molecule has 2 rings (SSSR count). The Morgan fingerprint density at radius 2 is 2.11 bits per heavy atom. The van der Waals surface area contributed by atoms with Gasteiger partial charge in [0.25, 0.3) is 0 Å². The van der Waals surface area contributed by atoms with Gasteiger partial charge < -0.3 is 9.84 Å². The van der Waals surface area contributed by atoms with Crippen LogP contribution in [0, 0.1) is 24.1 Å². The molecule has 0 radical (unpaired) electrons. The molecule has 0 fully saturated rings. The Kier molecular flexibility index (Phi) is 3.67. The zero-order chi connectivity index (χ0) is 13.8. The van der Waals surface area contributed by atoms with Gasteiger partial charge >= 0.3 is 0 Å². The van der Waals surface area contributed by atoms with Crippen molar-refractivity contribution in [3.8, 4) is 17.6 Å². The second kappa shape index (κ2) is 5.40. The van der Waals surface area contributed by atoms with Crippen LogP contribution in [0.1, 0.15) is 16.7 Å². The molecule has 0 atom stereocenters. The summed E-state index contributed by atoms with van der Waals surface area (Å²) < 4.78 is 19.1. The Balaban J connectivity index is 2.15.